The van der Waals surface area contributed by atoms with E-state index in [2.05, 4.69) is 15.3 Å². The second-order valence-electron chi connectivity index (χ2n) is 3.22. The molecule has 0 saturated carbocycles. The SMILES string of the molecule is O=C(Nc1cc(Cl)ncn1)C1CCCO1. The summed E-state index contributed by atoms with van der Waals surface area (Å²) in [7, 11) is 0. The number of rotatable bonds is 2. The van der Waals surface area contributed by atoms with E-state index in [0.717, 1.165) is 12.8 Å². The number of nitrogens with zero attached hydrogens (tertiary/aromatic N) is 2. The van der Waals surface area contributed by atoms with Crippen molar-refractivity contribution in [3.63, 3.8) is 0 Å². The minimum absolute atomic E-state index is 0.178. The van der Waals surface area contributed by atoms with Crippen molar-refractivity contribution in [1.82, 2.24) is 9.97 Å². The molecule has 80 valence electrons. The van der Waals surface area contributed by atoms with Gasteiger partial charge in [0.05, 0.1) is 0 Å². The van der Waals surface area contributed by atoms with Crippen LogP contribution in [0, 0.1) is 0 Å². The van der Waals surface area contributed by atoms with Gasteiger partial charge in [0, 0.05) is 12.7 Å². The van der Waals surface area contributed by atoms with E-state index in [9.17, 15) is 4.79 Å². The summed E-state index contributed by atoms with van der Waals surface area (Å²) in [4.78, 5) is 19.2. The molecular weight excluding hydrogens is 218 g/mol. The van der Waals surface area contributed by atoms with Gasteiger partial charge in [0.1, 0.15) is 23.4 Å². The van der Waals surface area contributed by atoms with E-state index < -0.39 is 0 Å². The summed E-state index contributed by atoms with van der Waals surface area (Å²) in [6.07, 6.45) is 2.61. The fourth-order valence-corrected chi connectivity index (χ4v) is 1.54. The molecule has 1 unspecified atom stereocenters. The normalized spacial score (nSPS) is 20.2. The van der Waals surface area contributed by atoms with Crippen LogP contribution in [-0.2, 0) is 9.53 Å². The topological polar surface area (TPSA) is 64.1 Å². The maximum absolute atomic E-state index is 11.6. The maximum Gasteiger partial charge on any atom is 0.254 e. The van der Waals surface area contributed by atoms with Gasteiger partial charge in [-0.25, -0.2) is 9.97 Å². The van der Waals surface area contributed by atoms with Crippen LogP contribution in [0.5, 0.6) is 0 Å². The molecule has 2 rings (SSSR count). The van der Waals surface area contributed by atoms with Crippen molar-refractivity contribution in [3.05, 3.63) is 17.5 Å². The van der Waals surface area contributed by atoms with Gasteiger partial charge in [-0.2, -0.15) is 0 Å². The number of hydrogen-bond acceptors (Lipinski definition) is 4. The molecule has 0 spiro atoms. The number of carbonyl (C=O) groups is 1. The number of aromatic nitrogens is 2. The molecule has 1 aliphatic rings. The fourth-order valence-electron chi connectivity index (χ4n) is 1.39. The Bertz CT molecular complexity index is 366. The zero-order valence-electron chi connectivity index (χ0n) is 7.94. The molecule has 0 aromatic carbocycles. The highest BCUT2D eigenvalue weighted by Gasteiger charge is 2.23. The first-order chi connectivity index (χ1) is 7.25. The lowest BCUT2D eigenvalue weighted by molar-refractivity contribution is -0.124. The van der Waals surface area contributed by atoms with E-state index in [0.29, 0.717) is 17.6 Å². The third-order valence-electron chi connectivity index (χ3n) is 2.11. The quantitative estimate of drug-likeness (QED) is 0.773. The van der Waals surface area contributed by atoms with Gasteiger partial charge in [0.25, 0.3) is 5.91 Å². The summed E-state index contributed by atoms with van der Waals surface area (Å²) in [5, 5.41) is 2.92. The summed E-state index contributed by atoms with van der Waals surface area (Å²) >= 11 is 5.65. The van der Waals surface area contributed by atoms with Crippen molar-refractivity contribution < 1.29 is 9.53 Å². The van der Waals surface area contributed by atoms with E-state index >= 15 is 0 Å². The Labute approximate surface area is 91.8 Å². The minimum atomic E-state index is -0.362. The average molecular weight is 228 g/mol. The van der Waals surface area contributed by atoms with Crippen molar-refractivity contribution in [2.45, 2.75) is 18.9 Å². The molecule has 0 radical (unpaired) electrons. The first-order valence-corrected chi connectivity index (χ1v) is 5.03. The molecule has 1 amide bonds. The molecule has 5 nitrogen and oxygen atoms in total. The highest BCUT2D eigenvalue weighted by Crippen LogP contribution is 2.15. The van der Waals surface area contributed by atoms with Crippen LogP contribution in [-0.4, -0.2) is 28.6 Å². The number of nitrogens with one attached hydrogen (secondary N) is 1. The van der Waals surface area contributed by atoms with Gasteiger partial charge >= 0.3 is 0 Å². The van der Waals surface area contributed by atoms with Gasteiger partial charge in [-0.05, 0) is 12.8 Å². The molecule has 1 aromatic heterocycles. The molecule has 15 heavy (non-hydrogen) atoms. The first kappa shape index (κ1) is 10.3. The molecular formula is C9H10ClN3O2. The van der Waals surface area contributed by atoms with Crippen LogP contribution in [0.25, 0.3) is 0 Å². The van der Waals surface area contributed by atoms with Crippen molar-refractivity contribution in [1.29, 1.82) is 0 Å². The van der Waals surface area contributed by atoms with E-state index in [1.54, 1.807) is 0 Å². The molecule has 1 aromatic rings. The average Bonchev–Trinajstić information content (AvgIpc) is 2.70. The van der Waals surface area contributed by atoms with Gasteiger partial charge in [0.2, 0.25) is 0 Å². The zero-order chi connectivity index (χ0) is 10.7. The van der Waals surface area contributed by atoms with E-state index in [4.69, 9.17) is 16.3 Å². The molecule has 0 aliphatic carbocycles. The maximum atomic E-state index is 11.6. The van der Waals surface area contributed by atoms with Gasteiger partial charge in [-0.15, -0.1) is 0 Å². The molecule has 1 aliphatic heterocycles. The summed E-state index contributed by atoms with van der Waals surface area (Å²) in [6, 6.07) is 1.49. The van der Waals surface area contributed by atoms with Crippen LogP contribution < -0.4 is 5.32 Å². The fraction of sp³-hybridized carbons (Fsp3) is 0.444. The standard InChI is InChI=1S/C9H10ClN3O2/c10-7-4-8(12-5-11-7)13-9(14)6-2-1-3-15-6/h4-6H,1-3H2,(H,11,12,13,14). The molecule has 1 saturated heterocycles. The third-order valence-corrected chi connectivity index (χ3v) is 2.31. The molecule has 1 fully saturated rings. The van der Waals surface area contributed by atoms with Gasteiger partial charge in [0.15, 0.2) is 0 Å². The second kappa shape index (κ2) is 4.55. The lowest BCUT2D eigenvalue weighted by Gasteiger charge is -2.09. The summed E-state index contributed by atoms with van der Waals surface area (Å²) < 4.78 is 5.23. The lowest BCUT2D eigenvalue weighted by Crippen LogP contribution is -2.27. The smallest absolute Gasteiger partial charge is 0.254 e. The predicted molar refractivity (Wildman–Crippen MR) is 54.6 cm³/mol. The first-order valence-electron chi connectivity index (χ1n) is 4.66. The second-order valence-corrected chi connectivity index (χ2v) is 3.60. The number of hydrogen-bond donors (Lipinski definition) is 1. The largest absolute Gasteiger partial charge is 0.368 e. The Hall–Kier alpha value is -1.20. The highest BCUT2D eigenvalue weighted by atomic mass is 35.5. The van der Waals surface area contributed by atoms with Gasteiger partial charge < -0.3 is 10.1 Å². The van der Waals surface area contributed by atoms with Crippen LogP contribution >= 0.6 is 11.6 Å². The van der Waals surface area contributed by atoms with Crippen LogP contribution in [0.1, 0.15) is 12.8 Å². The number of ether oxygens (including phenoxy) is 1. The monoisotopic (exact) mass is 227 g/mol. The molecule has 6 heteroatoms. The lowest BCUT2D eigenvalue weighted by atomic mass is 10.2. The Morgan fingerprint density at radius 2 is 2.47 bits per heavy atom. The van der Waals surface area contributed by atoms with Crippen molar-refractivity contribution in [3.8, 4) is 0 Å². The Morgan fingerprint density at radius 3 is 3.13 bits per heavy atom. The van der Waals surface area contributed by atoms with Crippen LogP contribution in [0.2, 0.25) is 5.15 Å². The highest BCUT2D eigenvalue weighted by molar-refractivity contribution is 6.29. The number of amides is 1. The van der Waals surface area contributed by atoms with Gasteiger partial charge in [-0.1, -0.05) is 11.6 Å². The van der Waals surface area contributed by atoms with Crippen LogP contribution in [0.15, 0.2) is 12.4 Å². The van der Waals surface area contributed by atoms with E-state index in [1.807, 2.05) is 0 Å². The van der Waals surface area contributed by atoms with Crippen molar-refractivity contribution in [2.75, 3.05) is 11.9 Å². The van der Waals surface area contributed by atoms with Crippen molar-refractivity contribution in [2.24, 2.45) is 0 Å². The Balaban J connectivity index is 1.99. The van der Waals surface area contributed by atoms with Crippen LogP contribution in [0.4, 0.5) is 5.82 Å². The van der Waals surface area contributed by atoms with E-state index in [-0.39, 0.29) is 12.0 Å². The summed E-state index contributed by atoms with van der Waals surface area (Å²) in [6.45, 7) is 0.641. The molecule has 1 atom stereocenters. The summed E-state index contributed by atoms with van der Waals surface area (Å²) in [5.41, 5.74) is 0. The number of halogens is 1. The third kappa shape index (κ3) is 2.64. The van der Waals surface area contributed by atoms with Gasteiger partial charge in [-0.3, -0.25) is 4.79 Å². The Morgan fingerprint density at radius 1 is 1.60 bits per heavy atom. The number of carbonyl (C=O) groups excluding carboxylic acids is 1. The predicted octanol–water partition coefficient (Wildman–Crippen LogP) is 1.25. The Kier molecular flexibility index (Phi) is 3.13. The van der Waals surface area contributed by atoms with E-state index in [1.165, 1.54) is 12.4 Å². The molecule has 0 bridgehead atoms. The molecule has 2 heterocycles. The van der Waals surface area contributed by atoms with Crippen molar-refractivity contribution >= 4 is 23.3 Å². The zero-order valence-corrected chi connectivity index (χ0v) is 8.70. The number of anilines is 1. The summed E-state index contributed by atoms with van der Waals surface area (Å²) in [5.74, 6) is 0.220. The molecule has 1 N–H and O–H groups in total. The minimum Gasteiger partial charge on any atom is -0.368 e. The van der Waals surface area contributed by atoms with Crippen LogP contribution in [0.3, 0.4) is 0 Å².